The summed E-state index contributed by atoms with van der Waals surface area (Å²) in [6.07, 6.45) is 3.13. The third-order valence-corrected chi connectivity index (χ3v) is 3.11. The Kier molecular flexibility index (Phi) is 6.96. The highest BCUT2D eigenvalue weighted by molar-refractivity contribution is 8.68. The molecular formula is C7H14O2S2. The molecule has 0 rings (SSSR count). The lowest BCUT2D eigenvalue weighted by atomic mass is 10.1. The molecule has 0 heterocycles. The van der Waals surface area contributed by atoms with Gasteiger partial charge in [0, 0.05) is 11.7 Å². The van der Waals surface area contributed by atoms with E-state index >= 15 is 0 Å². The van der Waals surface area contributed by atoms with Crippen molar-refractivity contribution in [2.45, 2.75) is 37.9 Å². The summed E-state index contributed by atoms with van der Waals surface area (Å²) in [6.45, 7) is 2.10. The van der Waals surface area contributed by atoms with Crippen LogP contribution in [0.5, 0.6) is 0 Å². The van der Waals surface area contributed by atoms with Crippen LogP contribution in [-0.4, -0.2) is 16.3 Å². The van der Waals surface area contributed by atoms with E-state index in [1.165, 1.54) is 10.8 Å². The number of rotatable bonds is 6. The average Bonchev–Trinajstić information content (AvgIpc) is 1.97. The zero-order valence-electron chi connectivity index (χ0n) is 6.62. The molecule has 0 radical (unpaired) electrons. The zero-order chi connectivity index (χ0) is 8.69. The van der Waals surface area contributed by atoms with Crippen LogP contribution < -0.4 is 0 Å². The van der Waals surface area contributed by atoms with Gasteiger partial charge in [-0.3, -0.25) is 4.79 Å². The van der Waals surface area contributed by atoms with Gasteiger partial charge in [-0.25, -0.2) is 0 Å². The lowest BCUT2D eigenvalue weighted by molar-refractivity contribution is -0.137. The summed E-state index contributed by atoms with van der Waals surface area (Å²) in [5.41, 5.74) is 0. The second-order valence-electron chi connectivity index (χ2n) is 2.56. The summed E-state index contributed by atoms with van der Waals surface area (Å²) in [7, 11) is 1.53. The minimum Gasteiger partial charge on any atom is -0.481 e. The van der Waals surface area contributed by atoms with Crippen molar-refractivity contribution in [2.24, 2.45) is 0 Å². The van der Waals surface area contributed by atoms with Crippen LogP contribution in [0.2, 0.25) is 0 Å². The second-order valence-corrected chi connectivity index (χ2v) is 4.20. The van der Waals surface area contributed by atoms with E-state index in [1.807, 2.05) is 0 Å². The van der Waals surface area contributed by atoms with E-state index in [1.54, 1.807) is 0 Å². The van der Waals surface area contributed by atoms with E-state index in [0.717, 1.165) is 19.3 Å². The van der Waals surface area contributed by atoms with Gasteiger partial charge in [-0.15, -0.1) is 11.7 Å². The Morgan fingerprint density at radius 3 is 2.73 bits per heavy atom. The standard InChI is InChI=1S/C7H14O2S2/c1-6(11-10)4-2-3-5-7(8)9/h6,10H,2-5H2,1H3,(H,8,9). The Labute approximate surface area is 76.6 Å². The van der Waals surface area contributed by atoms with Gasteiger partial charge in [0.05, 0.1) is 0 Å². The third kappa shape index (κ3) is 8.07. The molecule has 0 fully saturated rings. The molecule has 0 aromatic carbocycles. The van der Waals surface area contributed by atoms with Gasteiger partial charge < -0.3 is 5.11 Å². The van der Waals surface area contributed by atoms with Crippen LogP contribution in [0, 0.1) is 0 Å². The van der Waals surface area contributed by atoms with Gasteiger partial charge >= 0.3 is 5.97 Å². The van der Waals surface area contributed by atoms with Crippen molar-refractivity contribution in [3.63, 3.8) is 0 Å². The van der Waals surface area contributed by atoms with Crippen molar-refractivity contribution in [1.29, 1.82) is 0 Å². The van der Waals surface area contributed by atoms with E-state index in [-0.39, 0.29) is 0 Å². The fraction of sp³-hybridized carbons (Fsp3) is 0.857. The summed E-state index contributed by atoms with van der Waals surface area (Å²) in [5.74, 6) is -0.698. The maximum Gasteiger partial charge on any atom is 0.303 e. The summed E-state index contributed by atoms with van der Waals surface area (Å²) in [6, 6.07) is 0. The second kappa shape index (κ2) is 6.85. The van der Waals surface area contributed by atoms with Crippen LogP contribution in [0.15, 0.2) is 0 Å². The summed E-state index contributed by atoms with van der Waals surface area (Å²) in [5, 5.41) is 8.85. The van der Waals surface area contributed by atoms with E-state index in [4.69, 9.17) is 5.11 Å². The molecule has 0 saturated carbocycles. The largest absolute Gasteiger partial charge is 0.481 e. The highest BCUT2D eigenvalue weighted by Crippen LogP contribution is 2.19. The molecule has 66 valence electrons. The molecule has 1 atom stereocenters. The molecular weight excluding hydrogens is 180 g/mol. The van der Waals surface area contributed by atoms with Crippen LogP contribution in [0.3, 0.4) is 0 Å². The van der Waals surface area contributed by atoms with E-state index in [2.05, 4.69) is 18.6 Å². The van der Waals surface area contributed by atoms with Gasteiger partial charge in [0.25, 0.3) is 0 Å². The molecule has 11 heavy (non-hydrogen) atoms. The van der Waals surface area contributed by atoms with Crippen molar-refractivity contribution in [2.75, 3.05) is 0 Å². The quantitative estimate of drug-likeness (QED) is 0.388. The van der Waals surface area contributed by atoms with Gasteiger partial charge in [0.15, 0.2) is 0 Å². The monoisotopic (exact) mass is 194 g/mol. The van der Waals surface area contributed by atoms with Crippen LogP contribution in [-0.2, 0) is 4.79 Å². The van der Waals surface area contributed by atoms with Crippen molar-refractivity contribution < 1.29 is 9.90 Å². The number of aliphatic carboxylic acids is 1. The summed E-state index contributed by atoms with van der Waals surface area (Å²) >= 11 is 4.06. The van der Waals surface area contributed by atoms with Crippen molar-refractivity contribution in [3.05, 3.63) is 0 Å². The van der Waals surface area contributed by atoms with Crippen molar-refractivity contribution in [1.82, 2.24) is 0 Å². The van der Waals surface area contributed by atoms with E-state index in [9.17, 15) is 4.79 Å². The Balaban J connectivity index is 3.08. The fourth-order valence-corrected chi connectivity index (χ4v) is 1.35. The summed E-state index contributed by atoms with van der Waals surface area (Å²) in [4.78, 5) is 10.1. The molecule has 0 aromatic rings. The van der Waals surface area contributed by atoms with Crippen LogP contribution in [0.1, 0.15) is 32.6 Å². The highest BCUT2D eigenvalue weighted by Gasteiger charge is 2.00. The number of thiol groups is 1. The smallest absolute Gasteiger partial charge is 0.303 e. The molecule has 0 aliphatic heterocycles. The first-order valence-corrected chi connectivity index (χ1v) is 5.62. The topological polar surface area (TPSA) is 37.3 Å². The normalized spacial score (nSPS) is 12.9. The van der Waals surface area contributed by atoms with Gasteiger partial charge in [0.1, 0.15) is 0 Å². The molecule has 4 heteroatoms. The molecule has 0 bridgehead atoms. The fourth-order valence-electron chi connectivity index (χ4n) is 0.761. The highest BCUT2D eigenvalue weighted by atomic mass is 33.1. The number of unbranched alkanes of at least 4 members (excludes halogenated alkanes) is 1. The Morgan fingerprint density at radius 1 is 1.64 bits per heavy atom. The van der Waals surface area contributed by atoms with Crippen molar-refractivity contribution in [3.8, 4) is 0 Å². The predicted molar refractivity (Wildman–Crippen MR) is 52.1 cm³/mol. The lowest BCUT2D eigenvalue weighted by Crippen LogP contribution is -1.97. The van der Waals surface area contributed by atoms with E-state index < -0.39 is 5.97 Å². The average molecular weight is 194 g/mol. The number of hydrogen-bond acceptors (Lipinski definition) is 3. The van der Waals surface area contributed by atoms with Gasteiger partial charge in [-0.05, 0) is 12.8 Å². The van der Waals surface area contributed by atoms with Gasteiger partial charge in [0.2, 0.25) is 0 Å². The molecule has 0 saturated heterocycles. The molecule has 0 amide bonds. The number of carboxylic acid groups (broad SMARTS) is 1. The first kappa shape index (κ1) is 11.2. The maximum atomic E-state index is 10.1. The Bertz CT molecular complexity index is 117. The third-order valence-electron chi connectivity index (χ3n) is 1.43. The van der Waals surface area contributed by atoms with Crippen LogP contribution in [0.25, 0.3) is 0 Å². The molecule has 0 aliphatic rings. The van der Waals surface area contributed by atoms with Gasteiger partial charge in [-0.2, -0.15) is 0 Å². The minimum absolute atomic E-state index is 0.296. The number of carbonyl (C=O) groups is 1. The predicted octanol–water partition coefficient (Wildman–Crippen LogP) is 2.60. The zero-order valence-corrected chi connectivity index (χ0v) is 8.33. The Hall–Kier alpha value is 0.170. The lowest BCUT2D eigenvalue weighted by Gasteiger charge is -2.04. The first-order chi connectivity index (χ1) is 5.16. The number of carboxylic acids is 1. The maximum absolute atomic E-state index is 10.1. The first-order valence-electron chi connectivity index (χ1n) is 3.69. The van der Waals surface area contributed by atoms with Gasteiger partial charge in [-0.1, -0.05) is 24.1 Å². The van der Waals surface area contributed by atoms with Crippen LogP contribution in [0.4, 0.5) is 0 Å². The van der Waals surface area contributed by atoms with Crippen LogP contribution >= 0.6 is 22.5 Å². The number of hydrogen-bond donors (Lipinski definition) is 2. The molecule has 0 aromatic heterocycles. The molecule has 0 aliphatic carbocycles. The molecule has 2 nitrogen and oxygen atoms in total. The SMILES string of the molecule is CC(CCCCC(=O)O)SS. The van der Waals surface area contributed by atoms with Crippen molar-refractivity contribution >= 4 is 28.4 Å². The molecule has 1 N–H and O–H groups in total. The molecule has 0 spiro atoms. The minimum atomic E-state index is -0.698. The Morgan fingerprint density at radius 2 is 2.27 bits per heavy atom. The molecule has 1 unspecified atom stereocenters. The van der Waals surface area contributed by atoms with E-state index in [0.29, 0.717) is 11.7 Å². The summed E-state index contributed by atoms with van der Waals surface area (Å²) < 4.78 is 0.